The molecule has 18 heteroatoms. The lowest BCUT2D eigenvalue weighted by atomic mass is 9.79. The minimum atomic E-state index is -4.60. The molecule has 64 heavy (non-hydrogen) atoms. The molecule has 4 bridgehead atoms. The third kappa shape index (κ3) is 6.89. The molecule has 4 aromatic rings. The number of methoxy groups -OCH3 is 2. The van der Waals surface area contributed by atoms with E-state index in [4.69, 9.17) is 9.47 Å². The van der Waals surface area contributed by atoms with E-state index in [1.54, 1.807) is 21.9 Å². The maximum absolute atomic E-state index is 16.3. The Morgan fingerprint density at radius 3 is 1.41 bits per heavy atom. The molecule has 8 atom stereocenters. The summed E-state index contributed by atoms with van der Waals surface area (Å²) in [4.78, 5) is 71.4. The first-order chi connectivity index (χ1) is 30.4. The zero-order valence-corrected chi connectivity index (χ0v) is 36.4. The van der Waals surface area contributed by atoms with Crippen molar-refractivity contribution in [2.24, 2.45) is 23.7 Å². The second kappa shape index (κ2) is 15.9. The van der Waals surface area contributed by atoms with Crippen LogP contribution in [0.1, 0.15) is 101 Å². The molecule has 9 rings (SSSR count). The maximum Gasteiger partial charge on any atom is 0.407 e. The smallest absolute Gasteiger partial charge is 0.407 e. The molecule has 4 N–H and O–H groups in total. The first-order valence-electron chi connectivity index (χ1n) is 21.9. The van der Waals surface area contributed by atoms with E-state index in [2.05, 4.69) is 30.6 Å². The Morgan fingerprint density at radius 2 is 1.05 bits per heavy atom. The lowest BCUT2D eigenvalue weighted by Crippen LogP contribution is -2.54. The molecular weight excluding hydrogens is 837 g/mol. The van der Waals surface area contributed by atoms with Gasteiger partial charge in [0.25, 0.3) is 0 Å². The largest absolute Gasteiger partial charge is 0.453 e. The standard InChI is InChI=1S/C46H52F4N8O6/c1-21(2)35(55-43(61)63-5)41(59)57-27-11-7-25(15-27)37(57)39-51-19-33(53-39)23-9-13-29-30-14-10-24(18-32(30)46(49,50)45(47,48)31(29)17-23)34-20-52-40(54-34)38-26-8-12-28(16-26)58(38)42(60)36(22(3)4)56-44(62)64-6/h9-10,13-14,17-22,25-28,35-38H,7-8,11-12,15-16H2,1-6H3,(H,51,53)(H,52,54)(H,55,61)(H,56,62)/t25-,26-,27+,28+,35-,36-,37-,38-/m0/s1. The summed E-state index contributed by atoms with van der Waals surface area (Å²) in [6.45, 7) is 7.30. The van der Waals surface area contributed by atoms with Crippen molar-refractivity contribution in [3.05, 3.63) is 71.6 Å². The van der Waals surface area contributed by atoms with E-state index in [-0.39, 0.29) is 69.8 Å². The molecule has 2 aromatic carbocycles. The summed E-state index contributed by atoms with van der Waals surface area (Å²) in [5.41, 5.74) is -0.638. The van der Waals surface area contributed by atoms with Crippen LogP contribution in [-0.2, 0) is 30.9 Å². The second-order valence-corrected chi connectivity index (χ2v) is 18.6. The highest BCUT2D eigenvalue weighted by Gasteiger charge is 2.63. The molecule has 4 amide bonds. The average Bonchev–Trinajstić information content (AvgIpc) is 4.15. The number of imidazole rings is 2. The van der Waals surface area contributed by atoms with Crippen LogP contribution in [0.4, 0.5) is 27.2 Å². The molecule has 0 spiro atoms. The fraction of sp³-hybridized carbons (Fsp3) is 0.522. The van der Waals surface area contributed by atoms with Gasteiger partial charge in [0, 0.05) is 34.3 Å². The number of aromatic amines is 2. The predicted molar refractivity (Wildman–Crippen MR) is 225 cm³/mol. The van der Waals surface area contributed by atoms with Crippen molar-refractivity contribution in [2.75, 3.05) is 14.2 Å². The van der Waals surface area contributed by atoms with E-state index >= 15 is 17.6 Å². The van der Waals surface area contributed by atoms with Gasteiger partial charge in [-0.1, -0.05) is 52.0 Å². The van der Waals surface area contributed by atoms with Gasteiger partial charge in [0.2, 0.25) is 11.8 Å². The lowest BCUT2D eigenvalue weighted by Gasteiger charge is -2.37. The van der Waals surface area contributed by atoms with Gasteiger partial charge in [-0.15, -0.1) is 0 Å². The monoisotopic (exact) mass is 888 g/mol. The number of alkyl halides is 4. The number of hydrogen-bond donors (Lipinski definition) is 4. The van der Waals surface area contributed by atoms with Crippen molar-refractivity contribution in [2.45, 2.75) is 114 Å². The molecule has 2 aliphatic heterocycles. The van der Waals surface area contributed by atoms with E-state index < -0.39 is 59.3 Å². The van der Waals surface area contributed by atoms with Gasteiger partial charge in [0.1, 0.15) is 23.7 Å². The van der Waals surface area contributed by atoms with Crippen LogP contribution in [0.5, 0.6) is 0 Å². The molecule has 2 aromatic heterocycles. The van der Waals surface area contributed by atoms with Gasteiger partial charge in [-0.3, -0.25) is 9.59 Å². The average molecular weight is 889 g/mol. The number of piperidine rings is 2. The van der Waals surface area contributed by atoms with E-state index in [0.29, 0.717) is 23.0 Å². The number of carbonyl (C=O) groups excluding carboxylic acids is 4. The number of rotatable bonds is 10. The Hall–Kier alpha value is -5.94. The number of alkyl carbamates (subject to hydrolysis) is 2. The second-order valence-electron chi connectivity index (χ2n) is 18.6. The number of carbonyl (C=O) groups is 4. The molecule has 4 heterocycles. The number of nitrogens with zero attached hydrogens (tertiary/aromatic N) is 4. The molecule has 2 saturated carbocycles. The molecule has 4 fully saturated rings. The Bertz CT molecular complexity index is 2340. The third-order valence-electron chi connectivity index (χ3n) is 14.2. The number of halogens is 4. The topological polar surface area (TPSA) is 175 Å². The summed E-state index contributed by atoms with van der Waals surface area (Å²) in [6, 6.07) is 5.40. The van der Waals surface area contributed by atoms with Gasteiger partial charge < -0.3 is 39.9 Å². The maximum atomic E-state index is 16.3. The van der Waals surface area contributed by atoms with Gasteiger partial charge in [0.15, 0.2) is 0 Å². The van der Waals surface area contributed by atoms with Gasteiger partial charge in [0.05, 0.1) is 50.1 Å². The van der Waals surface area contributed by atoms with Gasteiger partial charge in [-0.05, 0) is 85.5 Å². The van der Waals surface area contributed by atoms with Crippen molar-refractivity contribution in [3.63, 3.8) is 0 Å². The summed E-state index contributed by atoms with van der Waals surface area (Å²) in [5, 5.41) is 5.31. The molecule has 3 aliphatic carbocycles. The zero-order valence-electron chi connectivity index (χ0n) is 36.4. The Labute approximate surface area is 367 Å². The molecule has 14 nitrogen and oxygen atoms in total. The zero-order chi connectivity index (χ0) is 45.6. The molecule has 2 saturated heterocycles. The van der Waals surface area contributed by atoms with Crippen LogP contribution >= 0.6 is 0 Å². The molecular formula is C46H52F4N8O6. The van der Waals surface area contributed by atoms with Crippen LogP contribution in [0.3, 0.4) is 0 Å². The minimum Gasteiger partial charge on any atom is -0.453 e. The number of amides is 4. The van der Waals surface area contributed by atoms with E-state index in [9.17, 15) is 19.2 Å². The van der Waals surface area contributed by atoms with Crippen LogP contribution < -0.4 is 10.6 Å². The Kier molecular flexibility index (Phi) is 10.8. The van der Waals surface area contributed by atoms with E-state index in [1.165, 1.54) is 38.7 Å². The normalized spacial score (nSPS) is 25.6. The lowest BCUT2D eigenvalue weighted by molar-refractivity contribution is -0.225. The van der Waals surface area contributed by atoms with Crippen LogP contribution in [0.25, 0.3) is 33.6 Å². The number of fused-ring (bicyclic) bond motifs is 7. The molecule has 0 radical (unpaired) electrons. The minimum absolute atomic E-state index is 0.0367. The summed E-state index contributed by atoms with van der Waals surface area (Å²) in [5.74, 6) is -9.19. The number of benzene rings is 2. The number of nitrogens with one attached hydrogen (secondary N) is 4. The van der Waals surface area contributed by atoms with Crippen LogP contribution in [0, 0.1) is 23.7 Å². The highest BCUT2D eigenvalue weighted by Crippen LogP contribution is 2.59. The molecule has 0 unspecified atom stereocenters. The van der Waals surface area contributed by atoms with Crippen LogP contribution in [0.2, 0.25) is 0 Å². The Morgan fingerprint density at radius 1 is 0.656 bits per heavy atom. The summed E-state index contributed by atoms with van der Waals surface area (Å²) in [7, 11) is 2.45. The third-order valence-corrected chi connectivity index (χ3v) is 14.2. The first-order valence-corrected chi connectivity index (χ1v) is 21.9. The highest BCUT2D eigenvalue weighted by atomic mass is 19.3. The Balaban J connectivity index is 0.993. The number of likely N-dealkylation sites (tertiary alicyclic amines) is 2. The first kappa shape index (κ1) is 43.3. The SMILES string of the molecule is COC(=O)N[C@H](C(=O)N1[C@@H]2CC[C@@H](C2)[C@H]1c1ncc(-c2ccc3c(c2)C(F)(F)C(F)(F)c2cc(-c4cnc([C@@H]5[C@H]6CC[C@H](C6)N5C(=O)[C@@H](NC(=O)OC)C(C)C)[nH]4)ccc2-3)[nH]1)C(C)C. The van der Waals surface area contributed by atoms with Crippen LogP contribution in [0.15, 0.2) is 48.8 Å². The van der Waals surface area contributed by atoms with Crippen molar-refractivity contribution in [1.82, 2.24) is 40.4 Å². The van der Waals surface area contributed by atoms with E-state index in [0.717, 1.165) is 50.7 Å². The quantitative estimate of drug-likeness (QED) is 0.115. The number of hydrogen-bond acceptors (Lipinski definition) is 8. The molecule has 340 valence electrons. The van der Waals surface area contributed by atoms with Crippen LogP contribution in [-0.4, -0.2) is 92.1 Å². The highest BCUT2D eigenvalue weighted by molar-refractivity contribution is 5.88. The van der Waals surface area contributed by atoms with Crippen molar-refractivity contribution < 1.29 is 46.2 Å². The van der Waals surface area contributed by atoms with Crippen molar-refractivity contribution in [3.8, 4) is 33.6 Å². The summed E-state index contributed by atoms with van der Waals surface area (Å²) in [6.07, 6.45) is 6.27. The van der Waals surface area contributed by atoms with Gasteiger partial charge >= 0.3 is 24.0 Å². The van der Waals surface area contributed by atoms with Crippen molar-refractivity contribution >= 4 is 24.0 Å². The fourth-order valence-corrected chi connectivity index (χ4v) is 11.1. The van der Waals surface area contributed by atoms with Gasteiger partial charge in [-0.25, -0.2) is 19.6 Å². The molecule has 5 aliphatic rings. The van der Waals surface area contributed by atoms with Crippen molar-refractivity contribution in [1.29, 1.82) is 0 Å². The van der Waals surface area contributed by atoms with Gasteiger partial charge in [-0.2, -0.15) is 17.6 Å². The predicted octanol–water partition coefficient (Wildman–Crippen LogP) is 8.20. The fourth-order valence-electron chi connectivity index (χ4n) is 11.1. The number of H-pyrrole nitrogens is 2. The number of aromatic nitrogens is 4. The number of ether oxygens (including phenoxy) is 2. The summed E-state index contributed by atoms with van der Waals surface area (Å²) < 4.78 is 74.8. The summed E-state index contributed by atoms with van der Waals surface area (Å²) >= 11 is 0. The van der Waals surface area contributed by atoms with E-state index in [1.807, 2.05) is 27.7 Å².